The molecule has 0 unspecified atom stereocenters. The van der Waals surface area contributed by atoms with E-state index in [-0.39, 0.29) is 6.42 Å². The Balaban J connectivity index is 2.00. The van der Waals surface area contributed by atoms with Gasteiger partial charge in [-0.3, -0.25) is 14.4 Å². The number of nitrogens with one attached hydrogen (secondary N) is 1. The van der Waals surface area contributed by atoms with Crippen molar-refractivity contribution in [3.8, 4) is 0 Å². The Labute approximate surface area is 116 Å². The van der Waals surface area contributed by atoms with Crippen molar-refractivity contribution in [3.05, 3.63) is 29.8 Å². The Morgan fingerprint density at radius 3 is 2.55 bits per heavy atom. The third-order valence-electron chi connectivity index (χ3n) is 3.13. The first-order chi connectivity index (χ1) is 9.56. The molecule has 1 heterocycles. The highest BCUT2D eigenvalue weighted by atomic mass is 16.4. The number of hydrogen-bond acceptors (Lipinski definition) is 3. The predicted octanol–water partition coefficient (Wildman–Crippen LogP) is 0.875. The minimum atomic E-state index is -0.943. The Morgan fingerprint density at radius 1 is 1.20 bits per heavy atom. The van der Waals surface area contributed by atoms with Crippen LogP contribution in [-0.4, -0.2) is 40.9 Å². The van der Waals surface area contributed by atoms with Crippen LogP contribution >= 0.6 is 0 Å². The zero-order valence-electron chi connectivity index (χ0n) is 11.0. The minimum Gasteiger partial charge on any atom is -0.481 e. The average Bonchev–Trinajstić information content (AvgIpc) is 2.91. The van der Waals surface area contributed by atoms with Gasteiger partial charge < -0.3 is 15.3 Å². The number of carboxylic acid groups (broad SMARTS) is 1. The van der Waals surface area contributed by atoms with Gasteiger partial charge >= 0.3 is 17.8 Å². The van der Waals surface area contributed by atoms with Crippen LogP contribution in [0.25, 0.3) is 0 Å². The van der Waals surface area contributed by atoms with E-state index < -0.39 is 17.8 Å². The van der Waals surface area contributed by atoms with E-state index >= 15 is 0 Å². The normalized spacial score (nSPS) is 14.1. The van der Waals surface area contributed by atoms with Crippen molar-refractivity contribution in [2.75, 3.05) is 18.4 Å². The molecule has 1 saturated heterocycles. The second-order valence-electron chi connectivity index (χ2n) is 4.72. The van der Waals surface area contributed by atoms with Gasteiger partial charge in [0.2, 0.25) is 0 Å². The van der Waals surface area contributed by atoms with Gasteiger partial charge in [-0.2, -0.15) is 0 Å². The van der Waals surface area contributed by atoms with Crippen molar-refractivity contribution >= 4 is 23.5 Å². The van der Waals surface area contributed by atoms with Crippen molar-refractivity contribution < 1.29 is 19.5 Å². The molecule has 1 aliphatic rings. The van der Waals surface area contributed by atoms with E-state index in [9.17, 15) is 14.4 Å². The van der Waals surface area contributed by atoms with Crippen LogP contribution in [0, 0.1) is 0 Å². The molecular weight excluding hydrogens is 260 g/mol. The molecule has 2 amide bonds. The molecule has 1 aromatic rings. The lowest BCUT2D eigenvalue weighted by Gasteiger charge is -2.14. The average molecular weight is 276 g/mol. The topological polar surface area (TPSA) is 86.7 Å². The van der Waals surface area contributed by atoms with Crippen LogP contribution in [0.1, 0.15) is 18.4 Å². The number of aliphatic carboxylic acids is 1. The van der Waals surface area contributed by atoms with E-state index in [0.717, 1.165) is 12.8 Å². The molecule has 0 aliphatic carbocycles. The number of benzene rings is 1. The van der Waals surface area contributed by atoms with Crippen molar-refractivity contribution in [3.63, 3.8) is 0 Å². The maximum atomic E-state index is 11.8. The number of likely N-dealkylation sites (tertiary alicyclic amines) is 1. The first kappa shape index (κ1) is 14.0. The molecule has 0 radical (unpaired) electrons. The maximum Gasteiger partial charge on any atom is 0.313 e. The van der Waals surface area contributed by atoms with Crippen LogP contribution in [0.3, 0.4) is 0 Å². The second kappa shape index (κ2) is 6.18. The molecule has 6 nitrogen and oxygen atoms in total. The number of anilines is 1. The lowest BCUT2D eigenvalue weighted by atomic mass is 10.1. The Bertz CT molecular complexity index is 536. The quantitative estimate of drug-likeness (QED) is 0.802. The van der Waals surface area contributed by atoms with Gasteiger partial charge in [0.15, 0.2) is 0 Å². The van der Waals surface area contributed by atoms with Gasteiger partial charge in [0.25, 0.3) is 0 Å². The van der Waals surface area contributed by atoms with Gasteiger partial charge in [0.1, 0.15) is 0 Å². The van der Waals surface area contributed by atoms with Gasteiger partial charge in [-0.25, -0.2) is 0 Å². The highest BCUT2D eigenvalue weighted by molar-refractivity contribution is 6.39. The summed E-state index contributed by atoms with van der Waals surface area (Å²) < 4.78 is 0. The molecule has 0 saturated carbocycles. The van der Waals surface area contributed by atoms with Gasteiger partial charge in [-0.05, 0) is 30.5 Å². The molecule has 106 valence electrons. The third kappa shape index (κ3) is 3.57. The molecule has 0 aromatic heterocycles. The van der Waals surface area contributed by atoms with E-state index in [1.165, 1.54) is 4.90 Å². The SMILES string of the molecule is O=C(O)Cc1cccc(NC(=O)C(=O)N2CCCC2)c1. The van der Waals surface area contributed by atoms with E-state index in [2.05, 4.69) is 5.32 Å². The highest BCUT2D eigenvalue weighted by Gasteiger charge is 2.24. The molecular formula is C14H16N2O4. The fourth-order valence-electron chi connectivity index (χ4n) is 2.18. The number of carbonyl (C=O) groups excluding carboxylic acids is 2. The lowest BCUT2D eigenvalue weighted by molar-refractivity contribution is -0.142. The van der Waals surface area contributed by atoms with Crippen LogP contribution in [0.5, 0.6) is 0 Å². The molecule has 6 heteroatoms. The van der Waals surface area contributed by atoms with E-state index in [4.69, 9.17) is 5.11 Å². The van der Waals surface area contributed by atoms with E-state index in [1.54, 1.807) is 24.3 Å². The van der Waals surface area contributed by atoms with Crippen molar-refractivity contribution in [2.24, 2.45) is 0 Å². The summed E-state index contributed by atoms with van der Waals surface area (Å²) in [6.45, 7) is 1.23. The fraction of sp³-hybridized carbons (Fsp3) is 0.357. The minimum absolute atomic E-state index is 0.121. The molecule has 2 rings (SSSR count). The number of hydrogen-bond donors (Lipinski definition) is 2. The number of amides is 2. The Hall–Kier alpha value is -2.37. The Kier molecular flexibility index (Phi) is 4.34. The van der Waals surface area contributed by atoms with Crippen molar-refractivity contribution in [2.45, 2.75) is 19.3 Å². The summed E-state index contributed by atoms with van der Waals surface area (Å²) in [5.41, 5.74) is 1.00. The number of carbonyl (C=O) groups is 3. The molecule has 0 spiro atoms. The second-order valence-corrected chi connectivity index (χ2v) is 4.72. The summed E-state index contributed by atoms with van der Waals surface area (Å²) >= 11 is 0. The first-order valence-electron chi connectivity index (χ1n) is 6.47. The highest BCUT2D eigenvalue weighted by Crippen LogP contribution is 2.13. The zero-order valence-corrected chi connectivity index (χ0v) is 11.0. The standard InChI is InChI=1S/C14H16N2O4/c17-12(18)9-10-4-3-5-11(8-10)15-13(19)14(20)16-6-1-2-7-16/h3-5,8H,1-2,6-7,9H2,(H,15,19)(H,17,18). The predicted molar refractivity (Wildman–Crippen MR) is 72.2 cm³/mol. The Morgan fingerprint density at radius 2 is 1.90 bits per heavy atom. The summed E-state index contributed by atoms with van der Waals surface area (Å²) in [5, 5.41) is 11.2. The molecule has 0 bridgehead atoms. The van der Waals surface area contributed by atoms with Crippen LogP contribution in [0.4, 0.5) is 5.69 Å². The van der Waals surface area contributed by atoms with Crippen LogP contribution in [0.15, 0.2) is 24.3 Å². The molecule has 1 aliphatic heterocycles. The number of nitrogens with zero attached hydrogens (tertiary/aromatic N) is 1. The summed E-state index contributed by atoms with van der Waals surface area (Å²) in [4.78, 5) is 35.8. The fourth-order valence-corrected chi connectivity index (χ4v) is 2.18. The third-order valence-corrected chi connectivity index (χ3v) is 3.13. The lowest BCUT2D eigenvalue weighted by Crippen LogP contribution is -2.37. The van der Waals surface area contributed by atoms with Crippen molar-refractivity contribution in [1.29, 1.82) is 0 Å². The smallest absolute Gasteiger partial charge is 0.313 e. The van der Waals surface area contributed by atoms with Crippen LogP contribution in [-0.2, 0) is 20.8 Å². The van der Waals surface area contributed by atoms with E-state index in [1.807, 2.05) is 0 Å². The number of carboxylic acids is 1. The maximum absolute atomic E-state index is 11.8. The van der Waals surface area contributed by atoms with Gasteiger partial charge in [-0.15, -0.1) is 0 Å². The zero-order chi connectivity index (χ0) is 14.5. The summed E-state index contributed by atoms with van der Waals surface area (Å²) in [6, 6.07) is 6.49. The van der Waals surface area contributed by atoms with Crippen LogP contribution < -0.4 is 5.32 Å². The van der Waals surface area contributed by atoms with E-state index in [0.29, 0.717) is 24.3 Å². The van der Waals surface area contributed by atoms with Gasteiger partial charge in [0, 0.05) is 18.8 Å². The van der Waals surface area contributed by atoms with Crippen LogP contribution in [0.2, 0.25) is 0 Å². The monoisotopic (exact) mass is 276 g/mol. The summed E-state index contributed by atoms with van der Waals surface area (Å²) in [6.07, 6.45) is 1.73. The molecule has 2 N–H and O–H groups in total. The first-order valence-corrected chi connectivity index (χ1v) is 6.47. The van der Waals surface area contributed by atoms with Gasteiger partial charge in [0.05, 0.1) is 6.42 Å². The van der Waals surface area contributed by atoms with Crippen molar-refractivity contribution in [1.82, 2.24) is 4.90 Å². The molecule has 20 heavy (non-hydrogen) atoms. The largest absolute Gasteiger partial charge is 0.481 e. The molecule has 0 atom stereocenters. The summed E-state index contributed by atoms with van der Waals surface area (Å²) in [5.74, 6) is -2.16. The molecule has 1 fully saturated rings. The van der Waals surface area contributed by atoms with Gasteiger partial charge in [-0.1, -0.05) is 12.1 Å². The summed E-state index contributed by atoms with van der Waals surface area (Å²) in [7, 11) is 0. The molecule has 1 aromatic carbocycles. The number of rotatable bonds is 3.